The molecule has 0 spiro atoms. The first-order chi connectivity index (χ1) is 10.6. The van der Waals surface area contributed by atoms with Gasteiger partial charge in [-0.2, -0.15) is 4.73 Å². The number of hydrogen-bond acceptors (Lipinski definition) is 2. The van der Waals surface area contributed by atoms with Crippen molar-refractivity contribution in [1.82, 2.24) is 4.73 Å². The predicted octanol–water partition coefficient (Wildman–Crippen LogP) is 4.04. The van der Waals surface area contributed by atoms with Gasteiger partial charge in [-0.3, -0.25) is 0 Å². The topological polar surface area (TPSA) is 48.1 Å². The third-order valence-electron chi connectivity index (χ3n) is 3.54. The molecular formula is C17H14BrN2O2+. The van der Waals surface area contributed by atoms with Crippen LogP contribution in [0.2, 0.25) is 0 Å². The molecule has 1 aromatic heterocycles. The molecule has 0 saturated heterocycles. The van der Waals surface area contributed by atoms with Crippen molar-refractivity contribution in [2.45, 2.75) is 6.92 Å². The molecule has 0 atom stereocenters. The van der Waals surface area contributed by atoms with Crippen LogP contribution in [-0.4, -0.2) is 9.94 Å². The predicted molar refractivity (Wildman–Crippen MR) is 88.3 cm³/mol. The Morgan fingerprint density at radius 3 is 2.27 bits per heavy atom. The summed E-state index contributed by atoms with van der Waals surface area (Å²) in [6.07, 6.45) is 1.43. The molecule has 0 radical (unpaired) electrons. The lowest BCUT2D eigenvalue weighted by molar-refractivity contribution is -0.471. The van der Waals surface area contributed by atoms with Crippen LogP contribution in [0, 0.1) is 11.8 Å². The summed E-state index contributed by atoms with van der Waals surface area (Å²) >= 11 is 3.38. The van der Waals surface area contributed by atoms with Crippen LogP contribution in [0.25, 0.3) is 22.5 Å². The minimum atomic E-state index is 0.395. The molecular weight excluding hydrogens is 344 g/mol. The first-order valence-corrected chi connectivity index (χ1v) is 7.56. The molecule has 0 aliphatic heterocycles. The van der Waals surface area contributed by atoms with Crippen molar-refractivity contribution < 1.29 is 9.63 Å². The van der Waals surface area contributed by atoms with Crippen molar-refractivity contribution >= 4 is 15.9 Å². The maximum atomic E-state index is 12.8. The maximum absolute atomic E-state index is 12.8. The summed E-state index contributed by atoms with van der Waals surface area (Å²) in [4.78, 5) is 12.8. The van der Waals surface area contributed by atoms with Crippen LogP contribution in [0.15, 0.2) is 65.3 Å². The van der Waals surface area contributed by atoms with Gasteiger partial charge in [0.15, 0.2) is 0 Å². The van der Waals surface area contributed by atoms with Crippen molar-refractivity contribution in [3.05, 3.63) is 75.9 Å². The van der Waals surface area contributed by atoms with Crippen molar-refractivity contribution in [1.29, 1.82) is 0 Å². The van der Waals surface area contributed by atoms with Crippen LogP contribution in [-0.2, 0) is 0 Å². The monoisotopic (exact) mass is 357 g/mol. The second kappa shape index (κ2) is 5.77. The highest BCUT2D eigenvalue weighted by Crippen LogP contribution is 2.24. The molecule has 0 aliphatic carbocycles. The normalized spacial score (nSPS) is 10.6. The highest BCUT2D eigenvalue weighted by Gasteiger charge is 2.24. The Morgan fingerprint density at radius 1 is 1.00 bits per heavy atom. The molecule has 0 saturated carbocycles. The van der Waals surface area contributed by atoms with Gasteiger partial charge in [0.1, 0.15) is 11.9 Å². The quantitative estimate of drug-likeness (QED) is 0.555. The average Bonchev–Trinajstić information content (AvgIpc) is 2.54. The Hall–Kier alpha value is -2.40. The van der Waals surface area contributed by atoms with Crippen LogP contribution >= 0.6 is 15.9 Å². The van der Waals surface area contributed by atoms with E-state index < -0.39 is 0 Å². The van der Waals surface area contributed by atoms with Gasteiger partial charge in [0.25, 0.3) is 11.4 Å². The third-order valence-corrected chi connectivity index (χ3v) is 4.07. The minimum Gasteiger partial charge on any atom is -0.428 e. The van der Waals surface area contributed by atoms with Crippen LogP contribution < -0.4 is 4.43 Å². The molecule has 110 valence electrons. The van der Waals surface area contributed by atoms with Gasteiger partial charge >= 0.3 is 0 Å². The van der Waals surface area contributed by atoms with Gasteiger partial charge in [-0.25, -0.2) is 0 Å². The molecule has 22 heavy (non-hydrogen) atoms. The molecule has 0 fully saturated rings. The molecule has 4 nitrogen and oxygen atoms in total. The van der Waals surface area contributed by atoms with Gasteiger partial charge in [0, 0.05) is 9.38 Å². The summed E-state index contributed by atoms with van der Waals surface area (Å²) in [6.45, 7) is 1.71. The van der Waals surface area contributed by atoms with Crippen LogP contribution in [0.4, 0.5) is 0 Å². The second-order valence-corrected chi connectivity index (χ2v) is 5.88. The van der Waals surface area contributed by atoms with Crippen molar-refractivity contribution in [2.75, 3.05) is 0 Å². The van der Waals surface area contributed by atoms with Gasteiger partial charge in [0.2, 0.25) is 0 Å². The zero-order valence-electron chi connectivity index (χ0n) is 11.9. The number of rotatable bonds is 2. The third kappa shape index (κ3) is 2.55. The molecule has 1 heterocycles. The summed E-state index contributed by atoms with van der Waals surface area (Å²) < 4.78 is 2.79. The van der Waals surface area contributed by atoms with Gasteiger partial charge in [-0.15, -0.1) is 0 Å². The highest BCUT2D eigenvalue weighted by molar-refractivity contribution is 9.10. The highest BCUT2D eigenvalue weighted by atomic mass is 79.9. The number of halogens is 1. The summed E-state index contributed by atoms with van der Waals surface area (Å²) in [6, 6.07) is 16.7. The van der Waals surface area contributed by atoms with Gasteiger partial charge in [-0.1, -0.05) is 34.1 Å². The first-order valence-electron chi connectivity index (χ1n) is 6.77. The van der Waals surface area contributed by atoms with Crippen LogP contribution in [0.3, 0.4) is 0 Å². The van der Waals surface area contributed by atoms with Gasteiger partial charge in [0.05, 0.1) is 15.6 Å². The van der Waals surface area contributed by atoms with E-state index in [0.29, 0.717) is 17.1 Å². The number of aromatic nitrogens is 2. The van der Waals surface area contributed by atoms with Crippen molar-refractivity contribution in [3.63, 3.8) is 0 Å². The Bertz CT molecular complexity index is 872. The largest absolute Gasteiger partial charge is 0.428 e. The average molecular weight is 358 g/mol. The summed E-state index contributed by atoms with van der Waals surface area (Å²) in [7, 11) is 0. The number of nitrogens with zero attached hydrogens (tertiary/aromatic N) is 2. The van der Waals surface area contributed by atoms with E-state index in [1.165, 1.54) is 6.20 Å². The van der Waals surface area contributed by atoms with E-state index in [0.717, 1.165) is 24.8 Å². The SMILES string of the molecule is Cc1c(-c2ccc(Br)cc2)[n+](=O)c(-c2ccccc2)cn1O. The van der Waals surface area contributed by atoms with E-state index in [-0.39, 0.29) is 0 Å². The van der Waals surface area contributed by atoms with E-state index in [2.05, 4.69) is 15.9 Å². The minimum absolute atomic E-state index is 0.395. The van der Waals surface area contributed by atoms with Crippen molar-refractivity contribution in [2.24, 2.45) is 0 Å². The molecule has 0 unspecified atom stereocenters. The molecule has 3 rings (SSSR count). The van der Waals surface area contributed by atoms with Gasteiger partial charge in [-0.05, 0) is 43.3 Å². The molecule has 1 N–H and O–H groups in total. The smallest absolute Gasteiger partial charge is 0.293 e. The molecule has 2 aromatic carbocycles. The van der Waals surface area contributed by atoms with E-state index >= 15 is 0 Å². The van der Waals surface area contributed by atoms with Gasteiger partial charge < -0.3 is 5.21 Å². The Kier molecular flexibility index (Phi) is 3.81. The number of hydrogen-bond donors (Lipinski definition) is 1. The Balaban J connectivity index is 2.29. The van der Waals surface area contributed by atoms with Crippen LogP contribution in [0.1, 0.15) is 5.69 Å². The second-order valence-electron chi connectivity index (χ2n) is 4.96. The first kappa shape index (κ1) is 14.5. The Labute approximate surface area is 136 Å². The Morgan fingerprint density at radius 2 is 1.64 bits per heavy atom. The molecule has 0 bridgehead atoms. The lowest BCUT2D eigenvalue weighted by atomic mass is 10.1. The van der Waals surface area contributed by atoms with E-state index in [9.17, 15) is 10.1 Å². The molecule has 0 aliphatic rings. The van der Waals surface area contributed by atoms with E-state index in [1.54, 1.807) is 6.92 Å². The standard InChI is InChI=1S/C17H14BrN2O2/c1-12-17(14-7-9-15(18)10-8-14)20(22)16(11-19(12)21)13-5-3-2-4-6-13/h2-11,21H,1H3/q+1. The van der Waals surface area contributed by atoms with E-state index in [4.69, 9.17) is 0 Å². The summed E-state index contributed by atoms with van der Waals surface area (Å²) in [5.74, 6) is 0. The maximum Gasteiger partial charge on any atom is 0.293 e. The van der Waals surface area contributed by atoms with E-state index in [1.807, 2.05) is 54.6 Å². The fourth-order valence-electron chi connectivity index (χ4n) is 2.38. The summed E-state index contributed by atoms with van der Waals surface area (Å²) in [5.41, 5.74) is 2.80. The zero-order valence-corrected chi connectivity index (χ0v) is 13.5. The van der Waals surface area contributed by atoms with Crippen LogP contribution in [0.5, 0.6) is 0 Å². The zero-order chi connectivity index (χ0) is 15.7. The molecule has 0 amide bonds. The lowest BCUT2D eigenvalue weighted by Gasteiger charge is -2.05. The fourth-order valence-corrected chi connectivity index (χ4v) is 2.64. The fraction of sp³-hybridized carbons (Fsp3) is 0.0588. The summed E-state index contributed by atoms with van der Waals surface area (Å²) in [5, 5.41) is 10.1. The lowest BCUT2D eigenvalue weighted by Crippen LogP contribution is -2.25. The molecule has 3 aromatic rings. The molecule has 5 heteroatoms. The van der Waals surface area contributed by atoms with Crippen molar-refractivity contribution in [3.8, 4) is 22.5 Å². The number of benzene rings is 2.